The summed E-state index contributed by atoms with van der Waals surface area (Å²) in [5.74, 6) is 0. The van der Waals surface area contributed by atoms with Gasteiger partial charge in [0.15, 0.2) is 0 Å². The van der Waals surface area contributed by atoms with Crippen molar-refractivity contribution in [2.45, 2.75) is 24.6 Å². The molecule has 1 heterocycles. The second kappa shape index (κ2) is 1.94. The zero-order valence-electron chi connectivity index (χ0n) is 4.17. The first-order chi connectivity index (χ1) is 3.30. The summed E-state index contributed by atoms with van der Waals surface area (Å²) in [6, 6.07) is 0.918. The molecule has 2 atom stereocenters. The van der Waals surface area contributed by atoms with Crippen LogP contribution in [0.2, 0.25) is 6.04 Å². The molecule has 1 aliphatic rings. The summed E-state index contributed by atoms with van der Waals surface area (Å²) < 4.78 is 0. The van der Waals surface area contributed by atoms with Crippen LogP contribution in [-0.4, -0.2) is 24.7 Å². The summed E-state index contributed by atoms with van der Waals surface area (Å²) in [5, 5.41) is 8.81. The van der Waals surface area contributed by atoms with Crippen LogP contribution in [0.5, 0.6) is 0 Å². The van der Waals surface area contributed by atoms with Crippen molar-refractivity contribution in [2.75, 3.05) is 0 Å². The van der Waals surface area contributed by atoms with Gasteiger partial charge in [-0.25, -0.2) is 0 Å². The van der Waals surface area contributed by atoms with Crippen LogP contribution in [0.3, 0.4) is 0 Å². The van der Waals surface area contributed by atoms with Gasteiger partial charge in [0.05, 0.1) is 5.73 Å². The molecule has 0 radical (unpaired) electrons. The molecule has 0 aromatic heterocycles. The van der Waals surface area contributed by atoms with Crippen LogP contribution in [-0.2, 0) is 0 Å². The molecule has 1 saturated heterocycles. The third kappa shape index (κ3) is 1.02. The number of aliphatic hydroxyl groups is 1. The SMILES string of the molecule is OC1CCC[SiH]1O. The van der Waals surface area contributed by atoms with Gasteiger partial charge in [-0.1, -0.05) is 6.42 Å². The van der Waals surface area contributed by atoms with E-state index < -0.39 is 9.04 Å². The third-order valence-corrected chi connectivity index (χ3v) is 3.67. The van der Waals surface area contributed by atoms with Gasteiger partial charge in [0.25, 0.3) is 0 Å². The largest absolute Gasteiger partial charge is 0.432 e. The topological polar surface area (TPSA) is 40.5 Å². The quantitative estimate of drug-likeness (QED) is 0.417. The van der Waals surface area contributed by atoms with Crippen LogP contribution >= 0.6 is 0 Å². The highest BCUT2D eigenvalue weighted by Crippen LogP contribution is 2.15. The van der Waals surface area contributed by atoms with Crippen LogP contribution < -0.4 is 0 Å². The second-order valence-electron chi connectivity index (χ2n) is 2.07. The summed E-state index contributed by atoms with van der Waals surface area (Å²) >= 11 is 0. The Morgan fingerprint density at radius 3 is 2.43 bits per heavy atom. The summed E-state index contributed by atoms with van der Waals surface area (Å²) in [6.45, 7) is 0. The van der Waals surface area contributed by atoms with Crippen molar-refractivity contribution in [3.63, 3.8) is 0 Å². The van der Waals surface area contributed by atoms with Crippen LogP contribution in [0.25, 0.3) is 0 Å². The molecule has 7 heavy (non-hydrogen) atoms. The number of hydrogen-bond donors (Lipinski definition) is 2. The summed E-state index contributed by atoms with van der Waals surface area (Å²) in [4.78, 5) is 8.89. The molecule has 0 bridgehead atoms. The van der Waals surface area contributed by atoms with E-state index in [0.717, 1.165) is 18.9 Å². The first-order valence-electron chi connectivity index (χ1n) is 2.67. The highest BCUT2D eigenvalue weighted by Gasteiger charge is 2.24. The maximum Gasteiger partial charge on any atom is 0.200 e. The number of hydrogen-bond acceptors (Lipinski definition) is 2. The van der Waals surface area contributed by atoms with Crippen molar-refractivity contribution in [2.24, 2.45) is 0 Å². The van der Waals surface area contributed by atoms with Gasteiger partial charge in [-0.2, -0.15) is 0 Å². The average Bonchev–Trinajstić information content (AvgIpc) is 1.91. The van der Waals surface area contributed by atoms with Crippen molar-refractivity contribution in [3.05, 3.63) is 0 Å². The van der Waals surface area contributed by atoms with Gasteiger partial charge in [0.1, 0.15) is 0 Å². The maximum atomic E-state index is 8.89. The van der Waals surface area contributed by atoms with E-state index in [9.17, 15) is 0 Å². The van der Waals surface area contributed by atoms with Crippen molar-refractivity contribution in [3.8, 4) is 0 Å². The summed E-state index contributed by atoms with van der Waals surface area (Å²) in [5.41, 5.74) is -0.292. The third-order valence-electron chi connectivity index (χ3n) is 1.44. The predicted octanol–water partition coefficient (Wildman–Crippen LogP) is -0.604. The summed E-state index contributed by atoms with van der Waals surface area (Å²) in [7, 11) is -1.59. The molecule has 2 nitrogen and oxygen atoms in total. The Morgan fingerprint density at radius 2 is 2.29 bits per heavy atom. The zero-order valence-corrected chi connectivity index (χ0v) is 5.33. The monoisotopic (exact) mass is 118 g/mol. The van der Waals surface area contributed by atoms with Gasteiger partial charge >= 0.3 is 0 Å². The Morgan fingerprint density at radius 1 is 1.57 bits per heavy atom. The Labute approximate surface area is 44.5 Å². The van der Waals surface area contributed by atoms with Gasteiger partial charge in [-0.05, 0) is 12.5 Å². The smallest absolute Gasteiger partial charge is 0.200 e. The second-order valence-corrected chi connectivity index (χ2v) is 4.55. The molecule has 0 spiro atoms. The van der Waals surface area contributed by atoms with Gasteiger partial charge in [0, 0.05) is 0 Å². The Balaban J connectivity index is 2.33. The molecule has 1 rings (SSSR count). The van der Waals surface area contributed by atoms with Crippen molar-refractivity contribution in [1.29, 1.82) is 0 Å². The maximum absolute atomic E-state index is 8.89. The molecule has 42 valence electrons. The van der Waals surface area contributed by atoms with E-state index >= 15 is 0 Å². The minimum absolute atomic E-state index is 0.292. The van der Waals surface area contributed by atoms with E-state index in [1.807, 2.05) is 0 Å². The molecule has 2 N–H and O–H groups in total. The number of rotatable bonds is 0. The minimum atomic E-state index is -1.59. The van der Waals surface area contributed by atoms with Crippen LogP contribution in [0.15, 0.2) is 0 Å². The van der Waals surface area contributed by atoms with Crippen LogP contribution in [0.4, 0.5) is 0 Å². The fraction of sp³-hybridized carbons (Fsp3) is 1.00. The molecule has 2 unspecified atom stereocenters. The van der Waals surface area contributed by atoms with E-state index in [4.69, 9.17) is 9.90 Å². The van der Waals surface area contributed by atoms with Gasteiger partial charge < -0.3 is 9.90 Å². The molecule has 0 aromatic carbocycles. The van der Waals surface area contributed by atoms with Gasteiger partial charge in [-0.3, -0.25) is 0 Å². The van der Waals surface area contributed by atoms with E-state index in [2.05, 4.69) is 0 Å². The lowest BCUT2D eigenvalue weighted by atomic mass is 10.4. The summed E-state index contributed by atoms with van der Waals surface area (Å²) in [6.07, 6.45) is 1.88. The first kappa shape index (κ1) is 5.28. The lowest BCUT2D eigenvalue weighted by molar-refractivity contribution is 0.233. The van der Waals surface area contributed by atoms with E-state index in [-0.39, 0.29) is 5.73 Å². The lowest BCUT2D eigenvalue weighted by Crippen LogP contribution is -2.23. The molecular weight excluding hydrogens is 108 g/mol. The molecule has 0 amide bonds. The number of aliphatic hydroxyl groups excluding tert-OH is 1. The van der Waals surface area contributed by atoms with Gasteiger partial charge in [-0.15, -0.1) is 0 Å². The lowest BCUT2D eigenvalue weighted by Gasteiger charge is -2.00. The van der Waals surface area contributed by atoms with Crippen molar-refractivity contribution >= 4 is 9.04 Å². The average molecular weight is 118 g/mol. The minimum Gasteiger partial charge on any atom is -0.432 e. The fourth-order valence-corrected chi connectivity index (χ4v) is 2.58. The molecule has 0 saturated carbocycles. The van der Waals surface area contributed by atoms with Gasteiger partial charge in [0.2, 0.25) is 9.04 Å². The standard InChI is InChI=1S/C4H10O2Si/c5-4-2-1-3-7(4)6/h4-7H,1-3H2. The predicted molar refractivity (Wildman–Crippen MR) is 29.4 cm³/mol. The molecule has 1 aliphatic heterocycles. The molecule has 0 aromatic rings. The molecule has 0 aliphatic carbocycles. The highest BCUT2D eigenvalue weighted by atomic mass is 28.3. The van der Waals surface area contributed by atoms with Crippen LogP contribution in [0, 0.1) is 0 Å². The van der Waals surface area contributed by atoms with Crippen LogP contribution in [0.1, 0.15) is 12.8 Å². The first-order valence-corrected chi connectivity index (χ1v) is 4.67. The highest BCUT2D eigenvalue weighted by molar-refractivity contribution is 6.52. The van der Waals surface area contributed by atoms with E-state index in [1.54, 1.807) is 0 Å². The molecular formula is C4H10O2Si. The van der Waals surface area contributed by atoms with Crippen molar-refractivity contribution in [1.82, 2.24) is 0 Å². The fourth-order valence-electron chi connectivity index (χ4n) is 0.921. The van der Waals surface area contributed by atoms with E-state index in [1.165, 1.54) is 0 Å². The Bertz CT molecular complexity index is 58.7. The normalized spacial score (nSPS) is 42.0. The molecule has 1 fully saturated rings. The Hall–Kier alpha value is 0.137. The zero-order chi connectivity index (χ0) is 5.28. The molecule has 3 heteroatoms. The van der Waals surface area contributed by atoms with Crippen molar-refractivity contribution < 1.29 is 9.90 Å². The van der Waals surface area contributed by atoms with E-state index in [0.29, 0.717) is 0 Å². The Kier molecular flexibility index (Phi) is 1.46.